The first-order valence-electron chi connectivity index (χ1n) is 6.34. The molecule has 1 fully saturated rings. The molecule has 1 atom stereocenters. The minimum Gasteiger partial charge on any atom is -0.492 e. The van der Waals surface area contributed by atoms with Crippen molar-refractivity contribution in [3.8, 4) is 5.75 Å². The van der Waals surface area contributed by atoms with Crippen molar-refractivity contribution in [1.29, 1.82) is 0 Å². The Hall–Kier alpha value is -0.730. The van der Waals surface area contributed by atoms with E-state index in [9.17, 15) is 0 Å². The summed E-state index contributed by atoms with van der Waals surface area (Å²) in [6, 6.07) is 5.80. The highest BCUT2D eigenvalue weighted by Crippen LogP contribution is 2.31. The molecule has 1 saturated carbocycles. The van der Waals surface area contributed by atoms with E-state index in [2.05, 4.69) is 0 Å². The Morgan fingerprint density at radius 3 is 2.76 bits per heavy atom. The van der Waals surface area contributed by atoms with Gasteiger partial charge in [-0.2, -0.15) is 0 Å². The van der Waals surface area contributed by atoms with E-state index in [1.54, 1.807) is 0 Å². The maximum Gasteiger partial charge on any atom is 0.137 e. The summed E-state index contributed by atoms with van der Waals surface area (Å²) < 4.78 is 5.71. The van der Waals surface area contributed by atoms with Gasteiger partial charge in [-0.3, -0.25) is 0 Å². The van der Waals surface area contributed by atoms with Crippen LogP contribution in [0.2, 0.25) is 5.02 Å². The predicted octanol–water partition coefficient (Wildman–Crippen LogP) is 3.93. The summed E-state index contributed by atoms with van der Waals surface area (Å²) in [5, 5.41) is 0.661. The molecule has 17 heavy (non-hydrogen) atoms. The summed E-state index contributed by atoms with van der Waals surface area (Å²) in [6.45, 7) is 2.71. The molecule has 1 aliphatic carbocycles. The first-order chi connectivity index (χ1) is 8.16. The average molecular weight is 254 g/mol. The van der Waals surface area contributed by atoms with Gasteiger partial charge in [-0.15, -0.1) is 0 Å². The monoisotopic (exact) mass is 253 g/mol. The van der Waals surface area contributed by atoms with Gasteiger partial charge in [0, 0.05) is 6.04 Å². The van der Waals surface area contributed by atoms with Crippen LogP contribution in [-0.4, -0.2) is 6.61 Å². The largest absolute Gasteiger partial charge is 0.492 e. The zero-order chi connectivity index (χ0) is 12.3. The third-order valence-electron chi connectivity index (χ3n) is 3.49. The zero-order valence-electron chi connectivity index (χ0n) is 10.3. The number of halogens is 1. The predicted molar refractivity (Wildman–Crippen MR) is 71.5 cm³/mol. The van der Waals surface area contributed by atoms with Gasteiger partial charge in [-0.05, 0) is 37.0 Å². The minimum absolute atomic E-state index is 0.0107. The quantitative estimate of drug-likeness (QED) is 0.863. The van der Waals surface area contributed by atoms with Crippen LogP contribution in [0.4, 0.5) is 0 Å². The Balaban J connectivity index is 1.87. The van der Waals surface area contributed by atoms with Crippen LogP contribution in [0.25, 0.3) is 0 Å². The van der Waals surface area contributed by atoms with Crippen LogP contribution in [0.3, 0.4) is 0 Å². The number of hydrogen-bond acceptors (Lipinski definition) is 2. The molecule has 0 aromatic heterocycles. The molecule has 0 unspecified atom stereocenters. The summed E-state index contributed by atoms with van der Waals surface area (Å²) in [5.74, 6) is 1.65. The molecule has 1 aromatic carbocycles. The lowest BCUT2D eigenvalue weighted by Crippen LogP contribution is -2.14. The van der Waals surface area contributed by atoms with Crippen molar-refractivity contribution in [2.24, 2.45) is 11.7 Å². The molecule has 0 saturated heterocycles. The van der Waals surface area contributed by atoms with E-state index >= 15 is 0 Å². The molecule has 0 amide bonds. The van der Waals surface area contributed by atoms with Gasteiger partial charge < -0.3 is 10.5 Å². The van der Waals surface area contributed by atoms with Gasteiger partial charge in [0.2, 0.25) is 0 Å². The molecule has 0 aliphatic heterocycles. The lowest BCUT2D eigenvalue weighted by molar-refractivity contribution is 0.222. The summed E-state index contributed by atoms with van der Waals surface area (Å²) in [6.07, 6.45) is 5.25. The molecule has 94 valence electrons. The molecule has 0 spiro atoms. The molecule has 0 heterocycles. The van der Waals surface area contributed by atoms with E-state index in [1.165, 1.54) is 19.3 Å². The van der Waals surface area contributed by atoms with Crippen LogP contribution in [-0.2, 0) is 0 Å². The Bertz CT molecular complexity index is 374. The van der Waals surface area contributed by atoms with Crippen LogP contribution in [0, 0.1) is 5.92 Å². The third-order valence-corrected chi connectivity index (χ3v) is 3.79. The summed E-state index contributed by atoms with van der Waals surface area (Å²) in [4.78, 5) is 0. The summed E-state index contributed by atoms with van der Waals surface area (Å²) >= 11 is 6.16. The Morgan fingerprint density at radius 1 is 1.47 bits per heavy atom. The number of nitrogens with two attached hydrogens (primary N) is 1. The van der Waals surface area contributed by atoms with Crippen molar-refractivity contribution in [1.82, 2.24) is 0 Å². The van der Waals surface area contributed by atoms with Crippen LogP contribution in [0.15, 0.2) is 18.2 Å². The van der Waals surface area contributed by atoms with Crippen LogP contribution in [0.5, 0.6) is 5.75 Å². The zero-order valence-corrected chi connectivity index (χ0v) is 11.0. The molecule has 0 radical (unpaired) electrons. The number of ether oxygens (including phenoxy) is 1. The highest BCUT2D eigenvalue weighted by atomic mass is 35.5. The molecule has 1 aromatic rings. The second-order valence-electron chi connectivity index (χ2n) is 4.91. The van der Waals surface area contributed by atoms with Gasteiger partial charge in [-0.25, -0.2) is 0 Å². The van der Waals surface area contributed by atoms with Crippen molar-refractivity contribution >= 4 is 11.6 Å². The van der Waals surface area contributed by atoms with Crippen LogP contribution < -0.4 is 10.5 Å². The second kappa shape index (κ2) is 5.74. The van der Waals surface area contributed by atoms with Gasteiger partial charge in [0.15, 0.2) is 0 Å². The maximum absolute atomic E-state index is 6.16. The molecule has 2 N–H and O–H groups in total. The van der Waals surface area contributed by atoms with E-state index < -0.39 is 0 Å². The standard InChI is InChI=1S/C14H20ClNO/c1-10(16)12-5-6-14(13(15)9-12)17-8-7-11-3-2-4-11/h5-6,9-11H,2-4,7-8,16H2,1H3/t10-/m0/s1. The van der Waals surface area contributed by atoms with Gasteiger partial charge >= 0.3 is 0 Å². The van der Waals surface area contributed by atoms with E-state index in [-0.39, 0.29) is 6.04 Å². The molecule has 2 nitrogen and oxygen atoms in total. The third kappa shape index (κ3) is 3.36. The summed E-state index contributed by atoms with van der Waals surface area (Å²) in [5.41, 5.74) is 6.84. The number of benzene rings is 1. The normalized spacial score (nSPS) is 17.6. The summed E-state index contributed by atoms with van der Waals surface area (Å²) in [7, 11) is 0. The van der Waals surface area contributed by atoms with Gasteiger partial charge in [0.25, 0.3) is 0 Å². The van der Waals surface area contributed by atoms with Gasteiger partial charge in [0.1, 0.15) is 5.75 Å². The van der Waals surface area contributed by atoms with Crippen molar-refractivity contribution in [2.75, 3.05) is 6.61 Å². The van der Waals surface area contributed by atoms with Crippen molar-refractivity contribution < 1.29 is 4.74 Å². The van der Waals surface area contributed by atoms with Crippen LogP contribution >= 0.6 is 11.6 Å². The van der Waals surface area contributed by atoms with E-state index in [0.717, 1.165) is 30.3 Å². The molecule has 3 heteroatoms. The second-order valence-corrected chi connectivity index (χ2v) is 5.32. The van der Waals surface area contributed by atoms with E-state index in [1.807, 2.05) is 25.1 Å². The highest BCUT2D eigenvalue weighted by molar-refractivity contribution is 6.32. The van der Waals surface area contributed by atoms with E-state index in [4.69, 9.17) is 22.1 Å². The SMILES string of the molecule is C[C@H](N)c1ccc(OCCC2CCC2)c(Cl)c1. The smallest absolute Gasteiger partial charge is 0.137 e. The fourth-order valence-electron chi connectivity index (χ4n) is 2.03. The Morgan fingerprint density at radius 2 is 2.24 bits per heavy atom. The maximum atomic E-state index is 6.16. The first-order valence-corrected chi connectivity index (χ1v) is 6.72. The molecular formula is C14H20ClNO. The molecule has 0 bridgehead atoms. The van der Waals surface area contributed by atoms with Crippen molar-refractivity contribution in [3.05, 3.63) is 28.8 Å². The van der Waals surface area contributed by atoms with Crippen molar-refractivity contribution in [2.45, 2.75) is 38.6 Å². The fraction of sp³-hybridized carbons (Fsp3) is 0.571. The number of rotatable bonds is 5. The fourth-order valence-corrected chi connectivity index (χ4v) is 2.28. The number of hydrogen-bond donors (Lipinski definition) is 1. The Labute approximate surface area is 108 Å². The van der Waals surface area contributed by atoms with Gasteiger partial charge in [0.05, 0.1) is 11.6 Å². The lowest BCUT2D eigenvalue weighted by Gasteiger charge is -2.25. The molecular weight excluding hydrogens is 234 g/mol. The minimum atomic E-state index is 0.0107. The average Bonchev–Trinajstić information content (AvgIpc) is 2.23. The van der Waals surface area contributed by atoms with Crippen molar-refractivity contribution in [3.63, 3.8) is 0 Å². The molecule has 2 rings (SSSR count). The first kappa shape index (κ1) is 12.7. The van der Waals surface area contributed by atoms with E-state index in [0.29, 0.717) is 5.02 Å². The van der Waals surface area contributed by atoms with Gasteiger partial charge in [-0.1, -0.05) is 36.9 Å². The molecule has 1 aliphatic rings. The highest BCUT2D eigenvalue weighted by Gasteiger charge is 2.17. The lowest BCUT2D eigenvalue weighted by atomic mass is 9.83. The topological polar surface area (TPSA) is 35.2 Å². The Kier molecular flexibility index (Phi) is 4.30. The van der Waals surface area contributed by atoms with Crippen LogP contribution in [0.1, 0.15) is 44.2 Å².